The van der Waals surface area contributed by atoms with E-state index < -0.39 is 0 Å². The zero-order valence-corrected chi connectivity index (χ0v) is 11.4. The average Bonchev–Trinajstić information content (AvgIpc) is 2.73. The number of rotatable bonds is 5. The molecule has 96 valence electrons. The maximum Gasteiger partial charge on any atom is 0.0648 e. The highest BCUT2D eigenvalue weighted by Gasteiger charge is 2.07. The summed E-state index contributed by atoms with van der Waals surface area (Å²) in [6, 6.07) is 8.45. The fourth-order valence-electron chi connectivity index (χ4n) is 1.96. The molecule has 0 unspecified atom stereocenters. The van der Waals surface area contributed by atoms with Crippen LogP contribution >= 0.6 is 0 Å². The second kappa shape index (κ2) is 5.83. The molecule has 0 amide bonds. The van der Waals surface area contributed by atoms with E-state index >= 15 is 0 Å². The zero-order valence-electron chi connectivity index (χ0n) is 11.4. The first-order valence-corrected chi connectivity index (χ1v) is 6.53. The van der Waals surface area contributed by atoms with Crippen LogP contribution in [0.3, 0.4) is 0 Å². The van der Waals surface area contributed by atoms with Gasteiger partial charge in [0.15, 0.2) is 0 Å². The molecule has 2 rings (SSSR count). The van der Waals surface area contributed by atoms with Crippen molar-refractivity contribution in [3.63, 3.8) is 0 Å². The third-order valence-corrected chi connectivity index (χ3v) is 3.13. The van der Waals surface area contributed by atoms with E-state index in [2.05, 4.69) is 55.5 Å². The maximum atomic E-state index is 4.47. The van der Waals surface area contributed by atoms with Gasteiger partial charge >= 0.3 is 0 Å². The van der Waals surface area contributed by atoms with Gasteiger partial charge in [0.05, 0.1) is 11.9 Å². The van der Waals surface area contributed by atoms with Crippen molar-refractivity contribution in [1.82, 2.24) is 15.1 Å². The Kier molecular flexibility index (Phi) is 4.15. The van der Waals surface area contributed by atoms with Gasteiger partial charge in [-0.05, 0) is 38.9 Å². The van der Waals surface area contributed by atoms with Crippen LogP contribution in [-0.4, -0.2) is 16.3 Å². The molecule has 3 nitrogen and oxygen atoms in total. The summed E-state index contributed by atoms with van der Waals surface area (Å²) in [7, 11) is 0. The van der Waals surface area contributed by atoms with Crippen LogP contribution in [-0.2, 0) is 6.54 Å². The highest BCUT2D eigenvalue weighted by Crippen LogP contribution is 2.14. The molecule has 0 aliphatic rings. The molecular formula is C15H21N3. The van der Waals surface area contributed by atoms with E-state index in [1.807, 2.05) is 10.9 Å². The van der Waals surface area contributed by atoms with Gasteiger partial charge in [0.1, 0.15) is 0 Å². The Morgan fingerprint density at radius 3 is 2.56 bits per heavy atom. The molecule has 1 aromatic carbocycles. The first-order chi connectivity index (χ1) is 8.72. The van der Waals surface area contributed by atoms with Crippen molar-refractivity contribution in [2.24, 2.45) is 0 Å². The molecule has 0 aliphatic carbocycles. The normalized spacial score (nSPS) is 10.8. The lowest BCUT2D eigenvalue weighted by molar-refractivity contribution is 0.672. The number of hydrogen-bond donors (Lipinski definition) is 1. The molecule has 2 aromatic rings. The summed E-state index contributed by atoms with van der Waals surface area (Å²) in [4.78, 5) is 0. The third-order valence-electron chi connectivity index (χ3n) is 3.13. The second-order valence-corrected chi connectivity index (χ2v) is 4.68. The van der Waals surface area contributed by atoms with E-state index in [0.29, 0.717) is 0 Å². The van der Waals surface area contributed by atoms with Crippen LogP contribution < -0.4 is 5.32 Å². The second-order valence-electron chi connectivity index (χ2n) is 4.68. The van der Waals surface area contributed by atoms with Gasteiger partial charge in [0.25, 0.3) is 0 Å². The van der Waals surface area contributed by atoms with Gasteiger partial charge in [-0.3, -0.25) is 0 Å². The molecule has 3 heteroatoms. The van der Waals surface area contributed by atoms with Crippen LogP contribution in [0, 0.1) is 13.8 Å². The van der Waals surface area contributed by atoms with Crippen molar-refractivity contribution in [1.29, 1.82) is 0 Å². The zero-order chi connectivity index (χ0) is 13.0. The highest BCUT2D eigenvalue weighted by atomic mass is 15.3. The molecular weight excluding hydrogens is 222 g/mol. The number of nitrogens with one attached hydrogen (secondary N) is 1. The Labute approximate surface area is 109 Å². The van der Waals surface area contributed by atoms with E-state index in [4.69, 9.17) is 0 Å². The molecule has 0 saturated carbocycles. The fraction of sp³-hybridized carbons (Fsp3) is 0.400. The number of aromatic nitrogens is 2. The van der Waals surface area contributed by atoms with Crippen LogP contribution in [0.15, 0.2) is 30.5 Å². The first-order valence-electron chi connectivity index (χ1n) is 6.53. The Morgan fingerprint density at radius 1 is 1.17 bits per heavy atom. The number of aryl methyl sites for hydroxylation is 1. The van der Waals surface area contributed by atoms with E-state index in [0.717, 1.165) is 25.2 Å². The quantitative estimate of drug-likeness (QED) is 0.818. The summed E-state index contributed by atoms with van der Waals surface area (Å²) in [6.07, 6.45) is 3.11. The van der Waals surface area contributed by atoms with Crippen LogP contribution in [0.25, 0.3) is 5.69 Å². The molecule has 0 spiro atoms. The van der Waals surface area contributed by atoms with Crippen LogP contribution in [0.2, 0.25) is 0 Å². The van der Waals surface area contributed by atoms with Gasteiger partial charge in [-0.2, -0.15) is 5.10 Å². The van der Waals surface area contributed by atoms with Gasteiger partial charge in [0, 0.05) is 17.8 Å². The Morgan fingerprint density at radius 2 is 1.89 bits per heavy atom. The van der Waals surface area contributed by atoms with E-state index in [9.17, 15) is 0 Å². The maximum absolute atomic E-state index is 4.47. The summed E-state index contributed by atoms with van der Waals surface area (Å²) in [6.45, 7) is 8.34. The molecule has 0 saturated heterocycles. The predicted octanol–water partition coefficient (Wildman–Crippen LogP) is 2.99. The van der Waals surface area contributed by atoms with Crippen LogP contribution in [0.4, 0.5) is 0 Å². The molecule has 1 aromatic heterocycles. The predicted molar refractivity (Wildman–Crippen MR) is 75.0 cm³/mol. The van der Waals surface area contributed by atoms with Crippen molar-refractivity contribution in [2.75, 3.05) is 6.54 Å². The molecule has 18 heavy (non-hydrogen) atoms. The Balaban J connectivity index is 2.17. The van der Waals surface area contributed by atoms with Crippen molar-refractivity contribution in [2.45, 2.75) is 33.7 Å². The summed E-state index contributed by atoms with van der Waals surface area (Å²) in [5.41, 5.74) is 4.87. The SMILES string of the molecule is CCCNCc1cnn(-c2ccc(C)cc2)c1C. The lowest BCUT2D eigenvalue weighted by Crippen LogP contribution is -2.14. The molecule has 0 bridgehead atoms. The summed E-state index contributed by atoms with van der Waals surface area (Å²) in [5, 5.41) is 7.88. The van der Waals surface area contributed by atoms with Crippen LogP contribution in [0.5, 0.6) is 0 Å². The number of hydrogen-bond acceptors (Lipinski definition) is 2. The monoisotopic (exact) mass is 243 g/mol. The molecule has 1 heterocycles. The van der Waals surface area contributed by atoms with Gasteiger partial charge in [-0.1, -0.05) is 24.6 Å². The van der Waals surface area contributed by atoms with E-state index in [1.165, 1.54) is 16.8 Å². The minimum atomic E-state index is 0.894. The van der Waals surface area contributed by atoms with Gasteiger partial charge in [-0.25, -0.2) is 4.68 Å². The minimum Gasteiger partial charge on any atom is -0.313 e. The summed E-state index contributed by atoms with van der Waals surface area (Å²) in [5.74, 6) is 0. The Bertz CT molecular complexity index is 497. The summed E-state index contributed by atoms with van der Waals surface area (Å²) < 4.78 is 2.00. The number of nitrogens with zero attached hydrogens (tertiary/aromatic N) is 2. The van der Waals surface area contributed by atoms with Crippen molar-refractivity contribution >= 4 is 0 Å². The van der Waals surface area contributed by atoms with Gasteiger partial charge in [0.2, 0.25) is 0 Å². The van der Waals surface area contributed by atoms with E-state index in [-0.39, 0.29) is 0 Å². The molecule has 0 radical (unpaired) electrons. The van der Waals surface area contributed by atoms with Gasteiger partial charge < -0.3 is 5.32 Å². The van der Waals surface area contributed by atoms with Crippen molar-refractivity contribution in [3.8, 4) is 5.69 Å². The Hall–Kier alpha value is -1.61. The van der Waals surface area contributed by atoms with Crippen molar-refractivity contribution in [3.05, 3.63) is 47.3 Å². The van der Waals surface area contributed by atoms with Gasteiger partial charge in [-0.15, -0.1) is 0 Å². The topological polar surface area (TPSA) is 29.9 Å². The minimum absolute atomic E-state index is 0.894. The molecule has 1 N–H and O–H groups in total. The standard InChI is InChI=1S/C15H21N3/c1-4-9-16-10-14-11-17-18(13(14)3)15-7-5-12(2)6-8-15/h5-8,11,16H,4,9-10H2,1-3H3. The van der Waals surface area contributed by atoms with Crippen molar-refractivity contribution < 1.29 is 0 Å². The van der Waals surface area contributed by atoms with E-state index in [1.54, 1.807) is 0 Å². The average molecular weight is 243 g/mol. The third kappa shape index (κ3) is 2.79. The largest absolute Gasteiger partial charge is 0.313 e. The molecule has 0 atom stereocenters. The molecule has 0 fully saturated rings. The molecule has 0 aliphatic heterocycles. The lowest BCUT2D eigenvalue weighted by atomic mass is 10.2. The summed E-state index contributed by atoms with van der Waals surface area (Å²) >= 11 is 0. The van der Waals surface area contributed by atoms with Crippen LogP contribution in [0.1, 0.15) is 30.2 Å². The highest BCUT2D eigenvalue weighted by molar-refractivity contribution is 5.36. The first kappa shape index (κ1) is 12.8. The smallest absolute Gasteiger partial charge is 0.0648 e. The fourth-order valence-corrected chi connectivity index (χ4v) is 1.96. The lowest BCUT2D eigenvalue weighted by Gasteiger charge is -2.06. The number of benzene rings is 1.